The number of ketones is 1. The quantitative estimate of drug-likeness (QED) is 0.327. The van der Waals surface area contributed by atoms with Crippen LogP contribution >= 0.6 is 15.9 Å². The molecule has 0 aromatic heterocycles. The summed E-state index contributed by atoms with van der Waals surface area (Å²) in [6, 6.07) is 20.1. The third kappa shape index (κ3) is 5.80. The molecule has 36 heavy (non-hydrogen) atoms. The molecule has 4 rings (SSSR count). The average molecular weight is 551 g/mol. The van der Waals surface area contributed by atoms with Crippen LogP contribution in [0.2, 0.25) is 0 Å². The molecule has 2 amide bonds. The van der Waals surface area contributed by atoms with Crippen molar-refractivity contribution in [3.63, 3.8) is 0 Å². The van der Waals surface area contributed by atoms with Crippen LogP contribution in [0.15, 0.2) is 77.3 Å². The van der Waals surface area contributed by atoms with E-state index in [9.17, 15) is 19.2 Å². The number of carbonyl (C=O) groups is 4. The van der Waals surface area contributed by atoms with Crippen molar-refractivity contribution in [2.24, 2.45) is 5.92 Å². The summed E-state index contributed by atoms with van der Waals surface area (Å²) in [6.07, 6.45) is 0.0840. The number of hydrogen-bond donors (Lipinski definition) is 1. The first-order chi connectivity index (χ1) is 17.4. The zero-order valence-corrected chi connectivity index (χ0v) is 21.0. The molecular formula is C27H23BrN2O6. The van der Waals surface area contributed by atoms with Crippen LogP contribution in [0.1, 0.15) is 27.1 Å². The number of halogens is 1. The Bertz CT molecular complexity index is 1290. The highest BCUT2D eigenvalue weighted by Crippen LogP contribution is 2.33. The monoisotopic (exact) mass is 550 g/mol. The van der Waals surface area contributed by atoms with Crippen molar-refractivity contribution in [2.75, 3.05) is 30.5 Å². The van der Waals surface area contributed by atoms with Crippen LogP contribution < -0.4 is 15.0 Å². The van der Waals surface area contributed by atoms with Gasteiger partial charge in [0.2, 0.25) is 11.8 Å². The maximum absolute atomic E-state index is 12.8. The Morgan fingerprint density at radius 1 is 0.972 bits per heavy atom. The Morgan fingerprint density at radius 3 is 2.33 bits per heavy atom. The molecule has 0 aliphatic carbocycles. The maximum atomic E-state index is 12.8. The van der Waals surface area contributed by atoms with Gasteiger partial charge in [-0.25, -0.2) is 4.79 Å². The highest BCUT2D eigenvalue weighted by molar-refractivity contribution is 9.10. The fourth-order valence-electron chi connectivity index (χ4n) is 3.84. The highest BCUT2D eigenvalue weighted by atomic mass is 79.9. The standard InChI is InChI=1S/C27H23BrN2O6/c1-35-24-5-3-2-4-22(24)30-15-19(14-25(30)32)26(33)29-21-12-8-18(9-13-21)27(34)36-16-23(31)17-6-10-20(28)11-7-17/h2-13,19H,14-16H2,1H3,(H,29,33)/t19-/m1/s1. The van der Waals surface area contributed by atoms with Crippen LogP contribution in [0, 0.1) is 5.92 Å². The van der Waals surface area contributed by atoms with E-state index in [4.69, 9.17) is 9.47 Å². The third-order valence-corrected chi connectivity index (χ3v) is 6.29. The van der Waals surface area contributed by atoms with E-state index >= 15 is 0 Å². The number of para-hydroxylation sites is 2. The third-order valence-electron chi connectivity index (χ3n) is 5.76. The number of esters is 1. The molecule has 1 fully saturated rings. The van der Waals surface area contributed by atoms with Gasteiger partial charge in [-0.1, -0.05) is 40.2 Å². The summed E-state index contributed by atoms with van der Waals surface area (Å²) >= 11 is 3.30. The lowest BCUT2D eigenvalue weighted by Crippen LogP contribution is -2.28. The number of hydrogen-bond acceptors (Lipinski definition) is 6. The second-order valence-corrected chi connectivity index (χ2v) is 9.07. The summed E-state index contributed by atoms with van der Waals surface area (Å²) in [5, 5.41) is 2.79. The number of nitrogens with one attached hydrogen (secondary N) is 1. The number of nitrogens with zero attached hydrogens (tertiary/aromatic N) is 1. The summed E-state index contributed by atoms with van der Waals surface area (Å²) in [6.45, 7) is -0.140. The first-order valence-electron chi connectivity index (χ1n) is 11.2. The fraction of sp³-hybridized carbons (Fsp3) is 0.185. The van der Waals surface area contributed by atoms with Crippen LogP contribution in [0.25, 0.3) is 0 Å². The van der Waals surface area contributed by atoms with E-state index in [0.717, 1.165) is 4.47 Å². The molecule has 8 nitrogen and oxygen atoms in total. The average Bonchev–Trinajstić information content (AvgIpc) is 3.29. The number of methoxy groups -OCH3 is 1. The summed E-state index contributed by atoms with van der Waals surface area (Å²) < 4.78 is 11.3. The van der Waals surface area contributed by atoms with Gasteiger partial charge in [-0.05, 0) is 48.5 Å². The first-order valence-corrected chi connectivity index (χ1v) is 11.9. The van der Waals surface area contributed by atoms with Crippen molar-refractivity contribution in [3.8, 4) is 5.75 Å². The predicted molar refractivity (Wildman–Crippen MR) is 137 cm³/mol. The Labute approximate surface area is 216 Å². The lowest BCUT2D eigenvalue weighted by atomic mass is 10.1. The van der Waals surface area contributed by atoms with Crippen LogP contribution in [-0.4, -0.2) is 43.8 Å². The van der Waals surface area contributed by atoms with Crippen molar-refractivity contribution < 1.29 is 28.7 Å². The minimum Gasteiger partial charge on any atom is -0.495 e. The molecule has 9 heteroatoms. The smallest absolute Gasteiger partial charge is 0.338 e. The number of benzene rings is 3. The lowest BCUT2D eigenvalue weighted by Gasteiger charge is -2.19. The molecule has 3 aromatic carbocycles. The molecular weight excluding hydrogens is 528 g/mol. The Hall–Kier alpha value is -3.98. The number of amides is 2. The molecule has 1 heterocycles. The van der Waals surface area contributed by atoms with Gasteiger partial charge in [0.15, 0.2) is 12.4 Å². The molecule has 3 aromatic rings. The second-order valence-electron chi connectivity index (χ2n) is 8.15. The zero-order chi connectivity index (χ0) is 25.7. The minimum atomic E-state index is -0.646. The topological polar surface area (TPSA) is 102 Å². The normalized spacial score (nSPS) is 14.9. The molecule has 1 saturated heterocycles. The van der Waals surface area contributed by atoms with Gasteiger partial charge in [-0.2, -0.15) is 0 Å². The number of Topliss-reactive ketones (excluding diaryl/α,β-unsaturated/α-hetero) is 1. The van der Waals surface area contributed by atoms with Gasteiger partial charge in [0.1, 0.15) is 5.75 Å². The summed E-state index contributed by atoms with van der Waals surface area (Å²) in [5.74, 6) is -1.38. The number of anilines is 2. The summed E-state index contributed by atoms with van der Waals surface area (Å²) in [7, 11) is 1.53. The SMILES string of the molecule is COc1ccccc1N1C[C@H](C(=O)Nc2ccc(C(=O)OCC(=O)c3ccc(Br)cc3)cc2)CC1=O. The summed E-state index contributed by atoms with van der Waals surface area (Å²) in [5.41, 5.74) is 1.79. The van der Waals surface area contributed by atoms with Gasteiger partial charge < -0.3 is 19.7 Å². The number of ether oxygens (including phenoxy) is 2. The van der Waals surface area contributed by atoms with Crippen LogP contribution in [0.5, 0.6) is 5.75 Å². The van der Waals surface area contributed by atoms with E-state index in [1.165, 1.54) is 19.2 Å². The molecule has 0 radical (unpaired) electrons. The zero-order valence-electron chi connectivity index (χ0n) is 19.4. The van der Waals surface area contributed by atoms with Gasteiger partial charge in [-0.15, -0.1) is 0 Å². The summed E-state index contributed by atoms with van der Waals surface area (Å²) in [4.78, 5) is 51.4. The minimum absolute atomic E-state index is 0.0840. The van der Waals surface area contributed by atoms with Crippen molar-refractivity contribution in [1.82, 2.24) is 0 Å². The van der Waals surface area contributed by atoms with E-state index < -0.39 is 11.9 Å². The van der Waals surface area contributed by atoms with Gasteiger partial charge in [0.25, 0.3) is 0 Å². The fourth-order valence-corrected chi connectivity index (χ4v) is 4.10. The van der Waals surface area contributed by atoms with Gasteiger partial charge >= 0.3 is 5.97 Å². The van der Waals surface area contributed by atoms with Gasteiger partial charge in [0, 0.05) is 28.7 Å². The van der Waals surface area contributed by atoms with Crippen LogP contribution in [-0.2, 0) is 14.3 Å². The number of carbonyl (C=O) groups excluding carboxylic acids is 4. The largest absolute Gasteiger partial charge is 0.495 e. The molecule has 0 unspecified atom stereocenters. The van der Waals surface area contributed by atoms with E-state index in [1.807, 2.05) is 12.1 Å². The molecule has 1 N–H and O–H groups in total. The molecule has 1 aliphatic heterocycles. The Balaban J connectivity index is 1.31. The van der Waals surface area contributed by atoms with Crippen molar-refractivity contribution in [2.45, 2.75) is 6.42 Å². The van der Waals surface area contributed by atoms with E-state index in [0.29, 0.717) is 22.7 Å². The Morgan fingerprint density at radius 2 is 1.64 bits per heavy atom. The van der Waals surface area contributed by atoms with Crippen molar-refractivity contribution in [1.29, 1.82) is 0 Å². The number of rotatable bonds is 8. The molecule has 1 aliphatic rings. The van der Waals surface area contributed by atoms with Crippen molar-refractivity contribution in [3.05, 3.63) is 88.4 Å². The molecule has 0 saturated carbocycles. The second kappa shape index (κ2) is 11.2. The molecule has 184 valence electrons. The molecule has 1 atom stereocenters. The Kier molecular flexibility index (Phi) is 7.80. The van der Waals surface area contributed by atoms with E-state index in [-0.39, 0.29) is 42.7 Å². The highest BCUT2D eigenvalue weighted by Gasteiger charge is 2.36. The maximum Gasteiger partial charge on any atom is 0.338 e. The van der Waals surface area contributed by atoms with Crippen LogP contribution in [0.3, 0.4) is 0 Å². The predicted octanol–water partition coefficient (Wildman–Crippen LogP) is 4.49. The van der Waals surface area contributed by atoms with E-state index in [2.05, 4.69) is 21.2 Å². The first kappa shape index (κ1) is 25.1. The molecule has 0 spiro atoms. The van der Waals surface area contributed by atoms with Crippen molar-refractivity contribution >= 4 is 50.9 Å². The van der Waals surface area contributed by atoms with Gasteiger partial charge in [0.05, 0.1) is 24.3 Å². The lowest BCUT2D eigenvalue weighted by molar-refractivity contribution is -0.122. The van der Waals surface area contributed by atoms with E-state index in [1.54, 1.807) is 53.4 Å². The van der Waals surface area contributed by atoms with Gasteiger partial charge in [-0.3, -0.25) is 14.4 Å². The van der Waals surface area contributed by atoms with Crippen LogP contribution in [0.4, 0.5) is 11.4 Å². The molecule has 0 bridgehead atoms.